The summed E-state index contributed by atoms with van der Waals surface area (Å²) in [5.41, 5.74) is 0. The first-order valence-corrected chi connectivity index (χ1v) is 7.06. The van der Waals surface area contributed by atoms with Crippen molar-refractivity contribution in [2.45, 2.75) is 52.4 Å². The van der Waals surface area contributed by atoms with Gasteiger partial charge in [-0.2, -0.15) is 0 Å². The second-order valence-electron chi connectivity index (χ2n) is 5.59. The lowest BCUT2D eigenvalue weighted by Gasteiger charge is -2.34. The Labute approximate surface area is 105 Å². The zero-order chi connectivity index (χ0) is 12.7. The fourth-order valence-electron chi connectivity index (χ4n) is 2.91. The highest BCUT2D eigenvalue weighted by Crippen LogP contribution is 2.22. The highest BCUT2D eigenvalue weighted by atomic mass is 16.4. The molecule has 1 aliphatic rings. The van der Waals surface area contributed by atoms with Crippen LogP contribution in [-0.4, -0.2) is 35.6 Å². The Balaban J connectivity index is 2.25. The van der Waals surface area contributed by atoms with E-state index >= 15 is 0 Å². The maximum absolute atomic E-state index is 10.6. The molecule has 0 bridgehead atoms. The summed E-state index contributed by atoms with van der Waals surface area (Å²) in [6, 6.07) is 0. The first kappa shape index (κ1) is 14.5. The summed E-state index contributed by atoms with van der Waals surface area (Å²) < 4.78 is 0. The molecule has 1 fully saturated rings. The maximum atomic E-state index is 10.6. The van der Waals surface area contributed by atoms with Gasteiger partial charge in [-0.3, -0.25) is 4.79 Å². The monoisotopic (exact) mass is 241 g/mol. The van der Waals surface area contributed by atoms with Gasteiger partial charge >= 0.3 is 5.97 Å². The Morgan fingerprint density at radius 2 is 2.29 bits per heavy atom. The van der Waals surface area contributed by atoms with Crippen LogP contribution in [0.4, 0.5) is 0 Å². The lowest BCUT2D eigenvalue weighted by atomic mass is 9.92. The third-order valence-electron chi connectivity index (χ3n) is 3.72. The summed E-state index contributed by atoms with van der Waals surface area (Å²) in [5, 5.41) is 8.71. The highest BCUT2D eigenvalue weighted by Gasteiger charge is 2.21. The number of hydrogen-bond acceptors (Lipinski definition) is 2. The van der Waals surface area contributed by atoms with Gasteiger partial charge < -0.3 is 10.0 Å². The van der Waals surface area contributed by atoms with Crippen LogP contribution in [0, 0.1) is 11.8 Å². The number of rotatable bonds is 7. The van der Waals surface area contributed by atoms with E-state index < -0.39 is 5.97 Å². The van der Waals surface area contributed by atoms with Crippen LogP contribution in [-0.2, 0) is 4.79 Å². The molecule has 0 amide bonds. The van der Waals surface area contributed by atoms with Gasteiger partial charge in [-0.15, -0.1) is 0 Å². The van der Waals surface area contributed by atoms with Crippen molar-refractivity contribution in [2.75, 3.05) is 19.6 Å². The molecular weight excluding hydrogens is 214 g/mol. The van der Waals surface area contributed by atoms with Crippen molar-refractivity contribution in [3.05, 3.63) is 0 Å². The molecule has 3 heteroatoms. The van der Waals surface area contributed by atoms with Crippen LogP contribution in [0.3, 0.4) is 0 Å². The van der Waals surface area contributed by atoms with Crippen LogP contribution >= 0.6 is 0 Å². The minimum atomic E-state index is -0.651. The van der Waals surface area contributed by atoms with E-state index in [0.29, 0.717) is 12.3 Å². The topological polar surface area (TPSA) is 40.5 Å². The van der Waals surface area contributed by atoms with E-state index in [1.165, 1.54) is 38.8 Å². The number of carbonyl (C=O) groups is 1. The first-order chi connectivity index (χ1) is 8.11. The van der Waals surface area contributed by atoms with Gasteiger partial charge in [0.05, 0.1) is 0 Å². The molecule has 0 spiro atoms. The molecule has 2 atom stereocenters. The Hall–Kier alpha value is -0.570. The molecule has 0 aromatic carbocycles. The Kier molecular flexibility index (Phi) is 6.56. The van der Waals surface area contributed by atoms with Gasteiger partial charge in [-0.1, -0.05) is 20.3 Å². The molecule has 0 radical (unpaired) electrons. The smallest absolute Gasteiger partial charge is 0.303 e. The van der Waals surface area contributed by atoms with Gasteiger partial charge in [0.25, 0.3) is 0 Å². The van der Waals surface area contributed by atoms with Crippen molar-refractivity contribution >= 4 is 5.97 Å². The summed E-state index contributed by atoms with van der Waals surface area (Å²) in [7, 11) is 0. The number of nitrogens with zero attached hydrogens (tertiary/aromatic N) is 1. The number of carboxylic acids is 1. The summed E-state index contributed by atoms with van der Waals surface area (Å²) >= 11 is 0. The third kappa shape index (κ3) is 6.06. The van der Waals surface area contributed by atoms with E-state index in [1.807, 2.05) is 0 Å². The van der Waals surface area contributed by atoms with E-state index in [9.17, 15) is 4.79 Å². The molecule has 2 unspecified atom stereocenters. The zero-order valence-electron chi connectivity index (χ0n) is 11.3. The van der Waals surface area contributed by atoms with Crippen molar-refractivity contribution in [1.29, 1.82) is 0 Å². The minimum Gasteiger partial charge on any atom is -0.481 e. The van der Waals surface area contributed by atoms with Crippen LogP contribution in [0.25, 0.3) is 0 Å². The number of hydrogen-bond donors (Lipinski definition) is 1. The van der Waals surface area contributed by atoms with E-state index in [0.717, 1.165) is 18.9 Å². The molecule has 100 valence electrons. The predicted octanol–water partition coefficient (Wildman–Crippen LogP) is 3.00. The van der Waals surface area contributed by atoms with Crippen LogP contribution < -0.4 is 0 Å². The average molecular weight is 241 g/mol. The van der Waals surface area contributed by atoms with Crippen LogP contribution in [0.15, 0.2) is 0 Å². The van der Waals surface area contributed by atoms with Crippen LogP contribution in [0.2, 0.25) is 0 Å². The average Bonchev–Trinajstić information content (AvgIpc) is 2.27. The summed E-state index contributed by atoms with van der Waals surface area (Å²) in [5.74, 6) is 0.730. The normalized spacial score (nSPS) is 23.5. The lowest BCUT2D eigenvalue weighted by molar-refractivity contribution is -0.137. The highest BCUT2D eigenvalue weighted by molar-refractivity contribution is 5.66. The molecule has 3 nitrogen and oxygen atoms in total. The molecular formula is C14H27NO2. The number of piperidine rings is 1. The summed E-state index contributed by atoms with van der Waals surface area (Å²) in [4.78, 5) is 13.1. The zero-order valence-corrected chi connectivity index (χ0v) is 11.3. The molecule has 0 aliphatic carbocycles. The molecule has 1 aliphatic heterocycles. The van der Waals surface area contributed by atoms with Gasteiger partial charge in [0.1, 0.15) is 0 Å². The van der Waals surface area contributed by atoms with E-state index in [4.69, 9.17) is 5.11 Å². The lowest BCUT2D eigenvalue weighted by Crippen LogP contribution is -2.38. The Bertz CT molecular complexity index is 230. The van der Waals surface area contributed by atoms with Crippen molar-refractivity contribution in [2.24, 2.45) is 11.8 Å². The van der Waals surface area contributed by atoms with E-state index in [1.54, 1.807) is 0 Å². The van der Waals surface area contributed by atoms with Crippen molar-refractivity contribution in [3.8, 4) is 0 Å². The van der Waals surface area contributed by atoms with Crippen LogP contribution in [0.5, 0.6) is 0 Å². The fraction of sp³-hybridized carbons (Fsp3) is 0.929. The third-order valence-corrected chi connectivity index (χ3v) is 3.72. The molecule has 1 heterocycles. The predicted molar refractivity (Wildman–Crippen MR) is 70.1 cm³/mol. The van der Waals surface area contributed by atoms with Crippen molar-refractivity contribution in [3.63, 3.8) is 0 Å². The fourth-order valence-corrected chi connectivity index (χ4v) is 2.91. The second kappa shape index (κ2) is 7.70. The van der Waals surface area contributed by atoms with Gasteiger partial charge in [0.2, 0.25) is 0 Å². The second-order valence-corrected chi connectivity index (χ2v) is 5.59. The van der Waals surface area contributed by atoms with Gasteiger partial charge in [-0.05, 0) is 44.1 Å². The molecule has 0 aromatic heterocycles. The standard InChI is InChI=1S/C14H27NO2/c1-3-5-12(2)10-15-9-4-6-13(11-15)7-8-14(16)17/h12-13H,3-11H2,1-2H3,(H,16,17). The van der Waals surface area contributed by atoms with E-state index in [2.05, 4.69) is 18.7 Å². The SMILES string of the molecule is CCCC(C)CN1CCCC(CCC(=O)O)C1. The number of carboxylic acid groups (broad SMARTS) is 1. The quantitative estimate of drug-likeness (QED) is 0.745. The van der Waals surface area contributed by atoms with Crippen molar-refractivity contribution < 1.29 is 9.90 Å². The van der Waals surface area contributed by atoms with E-state index in [-0.39, 0.29) is 0 Å². The molecule has 1 rings (SSSR count). The van der Waals surface area contributed by atoms with Crippen molar-refractivity contribution in [1.82, 2.24) is 4.90 Å². The summed E-state index contributed by atoms with van der Waals surface area (Å²) in [6.45, 7) is 8.07. The molecule has 0 aromatic rings. The number of aliphatic carboxylic acids is 1. The Morgan fingerprint density at radius 3 is 2.94 bits per heavy atom. The van der Waals surface area contributed by atoms with Crippen LogP contribution in [0.1, 0.15) is 52.4 Å². The van der Waals surface area contributed by atoms with Gasteiger partial charge in [-0.25, -0.2) is 0 Å². The molecule has 1 saturated heterocycles. The molecule has 0 saturated carbocycles. The number of likely N-dealkylation sites (tertiary alicyclic amines) is 1. The molecule has 1 N–H and O–H groups in total. The maximum Gasteiger partial charge on any atom is 0.303 e. The van der Waals surface area contributed by atoms with Gasteiger partial charge in [0.15, 0.2) is 0 Å². The van der Waals surface area contributed by atoms with Gasteiger partial charge in [0, 0.05) is 19.5 Å². The summed E-state index contributed by atoms with van der Waals surface area (Å²) in [6.07, 6.45) is 6.21. The first-order valence-electron chi connectivity index (χ1n) is 7.06. The minimum absolute atomic E-state index is 0.336. The Morgan fingerprint density at radius 1 is 1.53 bits per heavy atom. The molecule has 17 heavy (non-hydrogen) atoms. The largest absolute Gasteiger partial charge is 0.481 e.